The number of carboxylic acids is 1. The first-order valence-electron chi connectivity index (χ1n) is 10.2. The van der Waals surface area contributed by atoms with E-state index in [0.29, 0.717) is 6.54 Å². The van der Waals surface area contributed by atoms with Gasteiger partial charge in [0.25, 0.3) is 0 Å². The Morgan fingerprint density at radius 2 is 1.12 bits per heavy atom. The minimum atomic E-state index is -1.08. The molecule has 146 valence electrons. The summed E-state index contributed by atoms with van der Waals surface area (Å²) in [5.41, 5.74) is 0. The number of hydrogen-bond donors (Lipinski definition) is 1. The number of aliphatic carboxylic acids is 1. The molecule has 0 fully saturated rings. The Morgan fingerprint density at radius 3 is 1.52 bits per heavy atom. The van der Waals surface area contributed by atoms with Crippen molar-refractivity contribution in [3.63, 3.8) is 0 Å². The molecule has 4 nitrogen and oxygen atoms in total. The van der Waals surface area contributed by atoms with Crippen LogP contribution < -0.4 is 0 Å². The number of rotatable bonds is 17. The van der Waals surface area contributed by atoms with Crippen LogP contribution in [0.1, 0.15) is 96.8 Å². The van der Waals surface area contributed by atoms with Crippen molar-refractivity contribution in [3.05, 3.63) is 12.2 Å². The van der Waals surface area contributed by atoms with Crippen LogP contribution in [0.4, 0.5) is 0 Å². The van der Waals surface area contributed by atoms with Gasteiger partial charge in [0.05, 0.1) is 0 Å². The number of hydrogen-bond acceptors (Lipinski definition) is 2. The van der Waals surface area contributed by atoms with Gasteiger partial charge in [-0.05, 0) is 6.42 Å². The lowest BCUT2D eigenvalue weighted by Gasteiger charge is -2.14. The molecule has 0 atom stereocenters. The van der Waals surface area contributed by atoms with Crippen molar-refractivity contribution in [1.29, 1.82) is 0 Å². The van der Waals surface area contributed by atoms with Gasteiger partial charge in [0, 0.05) is 25.7 Å². The fraction of sp³-hybridized carbons (Fsp3) is 0.810. The maximum Gasteiger partial charge on any atom is 0.328 e. The largest absolute Gasteiger partial charge is 0.478 e. The Balaban J connectivity index is 3.30. The zero-order valence-corrected chi connectivity index (χ0v) is 16.5. The molecule has 0 heterocycles. The highest BCUT2D eigenvalue weighted by Gasteiger charge is 2.04. The molecule has 0 rings (SSSR count). The van der Waals surface area contributed by atoms with Crippen molar-refractivity contribution in [2.45, 2.75) is 96.8 Å². The van der Waals surface area contributed by atoms with E-state index < -0.39 is 5.97 Å². The SMILES string of the molecule is CCCCCCCCCCCCCCCCN(C)C(=O)/C=C/C(=O)O. The van der Waals surface area contributed by atoms with Gasteiger partial charge in [-0.2, -0.15) is 0 Å². The molecule has 0 bridgehead atoms. The van der Waals surface area contributed by atoms with Crippen LogP contribution in [-0.2, 0) is 9.59 Å². The molecule has 0 spiro atoms. The highest BCUT2D eigenvalue weighted by Crippen LogP contribution is 2.13. The maximum atomic E-state index is 11.6. The minimum Gasteiger partial charge on any atom is -0.478 e. The van der Waals surface area contributed by atoms with Crippen LogP contribution in [0.15, 0.2) is 12.2 Å². The van der Waals surface area contributed by atoms with Gasteiger partial charge in [-0.3, -0.25) is 4.79 Å². The average Bonchev–Trinajstić information content (AvgIpc) is 2.59. The summed E-state index contributed by atoms with van der Waals surface area (Å²) in [6, 6.07) is 0. The summed E-state index contributed by atoms with van der Waals surface area (Å²) in [4.78, 5) is 23.5. The monoisotopic (exact) mass is 353 g/mol. The molecule has 0 aromatic carbocycles. The molecule has 0 aliphatic rings. The van der Waals surface area contributed by atoms with Crippen molar-refractivity contribution >= 4 is 11.9 Å². The number of likely N-dealkylation sites (N-methyl/N-ethyl adjacent to an activating group) is 1. The predicted molar refractivity (Wildman–Crippen MR) is 105 cm³/mol. The molecule has 0 aliphatic heterocycles. The Kier molecular flexibility index (Phi) is 16.6. The van der Waals surface area contributed by atoms with Crippen molar-refractivity contribution in [3.8, 4) is 0 Å². The first-order chi connectivity index (χ1) is 12.1. The lowest BCUT2D eigenvalue weighted by Crippen LogP contribution is -2.26. The van der Waals surface area contributed by atoms with E-state index >= 15 is 0 Å². The molecule has 1 N–H and O–H groups in total. The van der Waals surface area contributed by atoms with Crippen LogP contribution in [-0.4, -0.2) is 35.5 Å². The topological polar surface area (TPSA) is 57.6 Å². The lowest BCUT2D eigenvalue weighted by atomic mass is 10.0. The summed E-state index contributed by atoms with van der Waals surface area (Å²) in [6.45, 7) is 2.96. The molecule has 1 amide bonds. The second-order valence-electron chi connectivity index (χ2n) is 7.03. The maximum absolute atomic E-state index is 11.6. The van der Waals surface area contributed by atoms with E-state index in [1.54, 1.807) is 11.9 Å². The third-order valence-corrected chi connectivity index (χ3v) is 4.59. The molecule has 0 aromatic heterocycles. The van der Waals surface area contributed by atoms with Crippen LogP contribution in [0.25, 0.3) is 0 Å². The van der Waals surface area contributed by atoms with Crippen LogP contribution in [0.3, 0.4) is 0 Å². The Morgan fingerprint density at radius 1 is 0.720 bits per heavy atom. The van der Waals surface area contributed by atoms with Gasteiger partial charge in [-0.1, -0.05) is 90.4 Å². The van der Waals surface area contributed by atoms with Gasteiger partial charge in [-0.25, -0.2) is 4.79 Å². The highest BCUT2D eigenvalue weighted by atomic mass is 16.4. The average molecular weight is 354 g/mol. The molecule has 0 radical (unpaired) electrons. The zero-order valence-electron chi connectivity index (χ0n) is 16.5. The number of carbonyl (C=O) groups is 2. The normalized spacial score (nSPS) is 11.1. The Labute approximate surface area is 154 Å². The van der Waals surface area contributed by atoms with E-state index in [4.69, 9.17) is 5.11 Å². The number of amides is 1. The van der Waals surface area contributed by atoms with Crippen LogP contribution >= 0.6 is 0 Å². The van der Waals surface area contributed by atoms with E-state index in [0.717, 1.165) is 25.0 Å². The second-order valence-corrected chi connectivity index (χ2v) is 7.03. The molecule has 0 aliphatic carbocycles. The molecule has 0 saturated heterocycles. The van der Waals surface area contributed by atoms with E-state index in [2.05, 4.69) is 6.92 Å². The summed E-state index contributed by atoms with van der Waals surface area (Å²) in [5, 5.41) is 8.49. The summed E-state index contributed by atoms with van der Waals surface area (Å²) in [6.07, 6.45) is 20.4. The van der Waals surface area contributed by atoms with Gasteiger partial charge in [0.1, 0.15) is 0 Å². The Hall–Kier alpha value is -1.32. The van der Waals surface area contributed by atoms with Gasteiger partial charge in [0.15, 0.2) is 0 Å². The fourth-order valence-electron chi connectivity index (χ4n) is 2.92. The highest BCUT2D eigenvalue weighted by molar-refractivity contribution is 5.93. The summed E-state index contributed by atoms with van der Waals surface area (Å²) >= 11 is 0. The van der Waals surface area contributed by atoms with E-state index in [1.165, 1.54) is 77.0 Å². The van der Waals surface area contributed by atoms with Crippen LogP contribution in [0.5, 0.6) is 0 Å². The van der Waals surface area contributed by atoms with E-state index in [9.17, 15) is 9.59 Å². The van der Waals surface area contributed by atoms with E-state index in [1.807, 2.05) is 0 Å². The first kappa shape index (κ1) is 23.7. The van der Waals surface area contributed by atoms with Gasteiger partial charge >= 0.3 is 5.97 Å². The number of nitrogens with zero attached hydrogens (tertiary/aromatic N) is 1. The molecule has 0 unspecified atom stereocenters. The van der Waals surface area contributed by atoms with Gasteiger partial charge < -0.3 is 10.0 Å². The lowest BCUT2D eigenvalue weighted by molar-refractivity contribution is -0.132. The predicted octanol–water partition coefficient (Wildman–Crippen LogP) is 5.57. The number of carboxylic acid groups (broad SMARTS) is 1. The quantitative estimate of drug-likeness (QED) is 0.275. The summed E-state index contributed by atoms with van der Waals surface area (Å²) in [7, 11) is 1.72. The number of carbonyl (C=O) groups excluding carboxylic acids is 1. The molecular weight excluding hydrogens is 314 g/mol. The van der Waals surface area contributed by atoms with Crippen molar-refractivity contribution in [1.82, 2.24) is 4.90 Å². The molecule has 0 aromatic rings. The smallest absolute Gasteiger partial charge is 0.328 e. The summed E-state index contributed by atoms with van der Waals surface area (Å²) in [5.74, 6) is -1.32. The van der Waals surface area contributed by atoms with Crippen molar-refractivity contribution in [2.75, 3.05) is 13.6 Å². The van der Waals surface area contributed by atoms with Crippen molar-refractivity contribution in [2.24, 2.45) is 0 Å². The fourth-order valence-corrected chi connectivity index (χ4v) is 2.92. The Bertz CT molecular complexity index is 366. The molecule has 4 heteroatoms. The minimum absolute atomic E-state index is 0.239. The molecule has 25 heavy (non-hydrogen) atoms. The standard InChI is InChI=1S/C21H39NO3/c1-3-4-5-6-7-8-9-10-11-12-13-14-15-16-19-22(2)20(23)17-18-21(24)25/h17-18H,3-16,19H2,1-2H3,(H,24,25)/b18-17+. The zero-order chi connectivity index (χ0) is 18.8. The van der Waals surface area contributed by atoms with Crippen LogP contribution in [0.2, 0.25) is 0 Å². The molecular formula is C21H39NO3. The third-order valence-electron chi connectivity index (χ3n) is 4.59. The third kappa shape index (κ3) is 17.3. The van der Waals surface area contributed by atoms with Gasteiger partial charge in [-0.15, -0.1) is 0 Å². The van der Waals surface area contributed by atoms with Crippen molar-refractivity contribution < 1.29 is 14.7 Å². The van der Waals surface area contributed by atoms with E-state index in [-0.39, 0.29) is 5.91 Å². The second kappa shape index (κ2) is 17.5. The molecule has 0 saturated carbocycles. The number of unbranched alkanes of at least 4 members (excludes halogenated alkanes) is 13. The van der Waals surface area contributed by atoms with Crippen LogP contribution in [0, 0.1) is 0 Å². The first-order valence-corrected chi connectivity index (χ1v) is 10.2. The van der Waals surface area contributed by atoms with Gasteiger partial charge in [0.2, 0.25) is 5.91 Å². The summed E-state index contributed by atoms with van der Waals surface area (Å²) < 4.78 is 0.